The first kappa shape index (κ1) is 25.0. The monoisotopic (exact) mass is 481 g/mol. The van der Waals surface area contributed by atoms with Gasteiger partial charge in [-0.2, -0.15) is 0 Å². The van der Waals surface area contributed by atoms with Gasteiger partial charge in [0.05, 0.1) is 11.5 Å². The molecule has 34 heavy (non-hydrogen) atoms. The Morgan fingerprint density at radius 3 is 2.21 bits per heavy atom. The van der Waals surface area contributed by atoms with Gasteiger partial charge in [0.1, 0.15) is 12.4 Å². The van der Waals surface area contributed by atoms with Crippen molar-refractivity contribution in [2.75, 3.05) is 37.7 Å². The van der Waals surface area contributed by atoms with Gasteiger partial charge in [-0.25, -0.2) is 8.42 Å². The summed E-state index contributed by atoms with van der Waals surface area (Å²) in [5, 5.41) is 0. The van der Waals surface area contributed by atoms with E-state index < -0.39 is 9.84 Å². The molecular formula is C29H39NO3S. The van der Waals surface area contributed by atoms with Crippen LogP contribution in [0.1, 0.15) is 69.7 Å². The van der Waals surface area contributed by atoms with Crippen LogP contribution in [0.5, 0.6) is 5.75 Å². The van der Waals surface area contributed by atoms with Gasteiger partial charge < -0.3 is 4.74 Å². The van der Waals surface area contributed by atoms with Gasteiger partial charge in [0.2, 0.25) is 0 Å². The second kappa shape index (κ2) is 9.50. The van der Waals surface area contributed by atoms with Crippen LogP contribution >= 0.6 is 0 Å². The predicted octanol–water partition coefficient (Wildman–Crippen LogP) is 5.71. The first-order chi connectivity index (χ1) is 16.0. The lowest BCUT2D eigenvalue weighted by Crippen LogP contribution is -2.42. The summed E-state index contributed by atoms with van der Waals surface area (Å²) in [6.45, 7) is 14.2. The highest BCUT2D eigenvalue weighted by molar-refractivity contribution is 7.91. The molecule has 4 rings (SSSR count). The van der Waals surface area contributed by atoms with Crippen LogP contribution in [0.3, 0.4) is 0 Å². The number of ether oxygens (including phenoxy) is 1. The van der Waals surface area contributed by atoms with Gasteiger partial charge >= 0.3 is 0 Å². The summed E-state index contributed by atoms with van der Waals surface area (Å²) in [5.41, 5.74) is 7.13. The molecule has 0 radical (unpaired) electrons. The third kappa shape index (κ3) is 5.75. The Balaban J connectivity index is 1.39. The Labute approximate surface area is 205 Å². The number of hydrogen-bond donors (Lipinski definition) is 0. The van der Waals surface area contributed by atoms with Crippen molar-refractivity contribution in [2.24, 2.45) is 0 Å². The van der Waals surface area contributed by atoms with Crippen LogP contribution in [0, 0.1) is 0 Å². The fourth-order valence-electron chi connectivity index (χ4n) is 5.09. The second-order valence-corrected chi connectivity index (χ2v) is 13.6. The molecule has 2 aromatic rings. The van der Waals surface area contributed by atoms with Gasteiger partial charge in [-0.3, -0.25) is 4.90 Å². The maximum Gasteiger partial charge on any atom is 0.152 e. The molecule has 5 heteroatoms. The second-order valence-electron chi connectivity index (χ2n) is 11.3. The van der Waals surface area contributed by atoms with Crippen molar-refractivity contribution in [1.29, 1.82) is 0 Å². The predicted molar refractivity (Wildman–Crippen MR) is 142 cm³/mol. The molecule has 0 amide bonds. The summed E-state index contributed by atoms with van der Waals surface area (Å²) in [6.07, 6.45) is 4.69. The van der Waals surface area contributed by atoms with Crippen LogP contribution in [0.4, 0.5) is 0 Å². The molecule has 1 heterocycles. The van der Waals surface area contributed by atoms with Crippen molar-refractivity contribution in [3.63, 3.8) is 0 Å². The van der Waals surface area contributed by atoms with E-state index in [1.54, 1.807) is 0 Å². The third-order valence-corrected chi connectivity index (χ3v) is 9.29. The van der Waals surface area contributed by atoms with E-state index >= 15 is 0 Å². The van der Waals surface area contributed by atoms with Crippen molar-refractivity contribution in [1.82, 2.24) is 4.90 Å². The molecule has 1 saturated heterocycles. The highest BCUT2D eigenvalue weighted by Crippen LogP contribution is 2.46. The number of rotatable bonds is 6. The van der Waals surface area contributed by atoms with Crippen molar-refractivity contribution < 1.29 is 13.2 Å². The number of hydrogen-bond acceptors (Lipinski definition) is 4. The highest BCUT2D eigenvalue weighted by atomic mass is 32.2. The summed E-state index contributed by atoms with van der Waals surface area (Å²) in [5.74, 6) is 1.36. The molecule has 0 atom stereocenters. The maximum absolute atomic E-state index is 11.5. The highest BCUT2D eigenvalue weighted by Gasteiger charge is 2.36. The minimum Gasteiger partial charge on any atom is -0.492 e. The minimum atomic E-state index is -2.83. The summed E-state index contributed by atoms with van der Waals surface area (Å²) >= 11 is 0. The fourth-order valence-corrected chi connectivity index (χ4v) is 6.37. The van der Waals surface area contributed by atoms with E-state index in [2.05, 4.69) is 75.9 Å². The zero-order valence-corrected chi connectivity index (χ0v) is 22.2. The number of benzene rings is 2. The van der Waals surface area contributed by atoms with E-state index in [-0.39, 0.29) is 22.3 Å². The van der Waals surface area contributed by atoms with Crippen LogP contribution in [-0.2, 0) is 20.7 Å². The Hall–Kier alpha value is -2.11. The van der Waals surface area contributed by atoms with E-state index in [1.807, 2.05) is 12.1 Å². The topological polar surface area (TPSA) is 46.6 Å². The van der Waals surface area contributed by atoms with Crippen molar-refractivity contribution in [3.8, 4) is 5.75 Å². The third-order valence-electron chi connectivity index (χ3n) is 7.68. The van der Waals surface area contributed by atoms with E-state index in [0.29, 0.717) is 19.7 Å². The zero-order valence-electron chi connectivity index (χ0n) is 21.4. The number of allylic oxidation sites excluding steroid dienone is 1. The van der Waals surface area contributed by atoms with E-state index in [4.69, 9.17) is 4.74 Å². The van der Waals surface area contributed by atoms with Crippen LogP contribution in [0.2, 0.25) is 0 Å². The SMILES string of the molecule is CC(=Cc1ccc(OCCN2CCS(=O)(=O)CC2)cc1)c1ccc2c(c1)C(C)(C)CCC2(C)C. The van der Waals surface area contributed by atoms with Crippen molar-refractivity contribution in [2.45, 2.75) is 58.3 Å². The van der Waals surface area contributed by atoms with Crippen LogP contribution in [0.25, 0.3) is 11.6 Å². The Bertz CT molecular complexity index is 1150. The van der Waals surface area contributed by atoms with Crippen LogP contribution in [0.15, 0.2) is 42.5 Å². The molecule has 2 aliphatic rings. The van der Waals surface area contributed by atoms with Crippen molar-refractivity contribution in [3.05, 3.63) is 64.7 Å². The Kier molecular flexibility index (Phi) is 6.99. The summed E-state index contributed by atoms with van der Waals surface area (Å²) in [6, 6.07) is 15.2. The quantitative estimate of drug-likeness (QED) is 0.496. The normalized spacial score (nSPS) is 21.6. The molecule has 0 bridgehead atoms. The maximum atomic E-state index is 11.5. The van der Waals surface area contributed by atoms with Crippen molar-refractivity contribution >= 4 is 21.5 Å². The molecule has 0 spiro atoms. The molecule has 1 aliphatic heterocycles. The van der Waals surface area contributed by atoms with E-state index in [0.717, 1.165) is 17.9 Å². The number of fused-ring (bicyclic) bond motifs is 1. The lowest BCUT2D eigenvalue weighted by atomic mass is 9.63. The smallest absolute Gasteiger partial charge is 0.152 e. The van der Waals surface area contributed by atoms with Gasteiger partial charge in [0.15, 0.2) is 9.84 Å². The van der Waals surface area contributed by atoms with E-state index in [1.165, 1.54) is 35.1 Å². The lowest BCUT2D eigenvalue weighted by molar-refractivity contribution is 0.219. The lowest BCUT2D eigenvalue weighted by Gasteiger charge is -2.42. The van der Waals surface area contributed by atoms with Gasteiger partial charge in [0, 0.05) is 19.6 Å². The molecule has 4 nitrogen and oxygen atoms in total. The van der Waals surface area contributed by atoms with Gasteiger partial charge in [-0.15, -0.1) is 0 Å². The first-order valence-corrected chi connectivity index (χ1v) is 14.3. The molecule has 0 N–H and O–H groups in total. The zero-order chi connectivity index (χ0) is 24.6. The minimum absolute atomic E-state index is 0.211. The summed E-state index contributed by atoms with van der Waals surface area (Å²) in [4.78, 5) is 2.16. The molecule has 0 saturated carbocycles. The summed E-state index contributed by atoms with van der Waals surface area (Å²) < 4.78 is 29.0. The fraction of sp³-hybridized carbons (Fsp3) is 0.517. The Morgan fingerprint density at radius 1 is 0.941 bits per heavy atom. The molecule has 0 aromatic heterocycles. The average molecular weight is 482 g/mol. The number of nitrogens with zero attached hydrogens (tertiary/aromatic N) is 1. The average Bonchev–Trinajstić information content (AvgIpc) is 2.79. The largest absolute Gasteiger partial charge is 0.492 e. The molecule has 184 valence electrons. The molecular weight excluding hydrogens is 442 g/mol. The van der Waals surface area contributed by atoms with Gasteiger partial charge in [-0.05, 0) is 70.6 Å². The standard InChI is InChI=1S/C29H39NO3S/c1-22(24-8-11-26-27(21-24)29(4,5)13-12-28(26,2)3)20-23-6-9-25(10-7-23)33-17-14-30-15-18-34(31,32)19-16-30/h6-11,20-21H,12-19H2,1-5H3. The van der Waals surface area contributed by atoms with E-state index in [9.17, 15) is 8.42 Å². The van der Waals surface area contributed by atoms with Gasteiger partial charge in [-0.1, -0.05) is 64.1 Å². The molecule has 0 unspecified atom stereocenters. The first-order valence-electron chi connectivity index (χ1n) is 12.4. The molecule has 2 aromatic carbocycles. The van der Waals surface area contributed by atoms with Gasteiger partial charge in [0.25, 0.3) is 0 Å². The summed E-state index contributed by atoms with van der Waals surface area (Å²) in [7, 11) is -2.83. The van der Waals surface area contributed by atoms with Crippen LogP contribution in [-0.4, -0.2) is 51.1 Å². The molecule has 1 fully saturated rings. The molecule has 1 aliphatic carbocycles. The number of sulfone groups is 1. The Morgan fingerprint density at radius 2 is 1.56 bits per heavy atom. The van der Waals surface area contributed by atoms with Crippen LogP contribution < -0.4 is 4.74 Å².